The number of nitrogens with zero attached hydrogens (tertiary/aromatic N) is 2. The Morgan fingerprint density at radius 1 is 1.17 bits per heavy atom. The van der Waals surface area contributed by atoms with E-state index in [0.29, 0.717) is 25.2 Å². The Hall–Kier alpha value is -2.47. The van der Waals surface area contributed by atoms with Gasteiger partial charge in [-0.15, -0.1) is 0 Å². The summed E-state index contributed by atoms with van der Waals surface area (Å²) in [6.07, 6.45) is 3.43. The Balaban J connectivity index is 1.55. The molecule has 1 aliphatic carbocycles. The molecule has 6 nitrogen and oxygen atoms in total. The van der Waals surface area contributed by atoms with Crippen molar-refractivity contribution in [3.05, 3.63) is 62.8 Å². The van der Waals surface area contributed by atoms with Crippen LogP contribution >= 0.6 is 0 Å². The van der Waals surface area contributed by atoms with Crippen LogP contribution in [-0.4, -0.2) is 33.9 Å². The van der Waals surface area contributed by atoms with E-state index in [1.54, 1.807) is 0 Å². The van der Waals surface area contributed by atoms with Gasteiger partial charge in [0.1, 0.15) is 5.82 Å². The van der Waals surface area contributed by atoms with E-state index < -0.39 is 0 Å². The van der Waals surface area contributed by atoms with Gasteiger partial charge < -0.3 is 15.6 Å². The number of carbonyl (C=O) groups is 1. The van der Waals surface area contributed by atoms with Gasteiger partial charge in [0.25, 0.3) is 11.5 Å². The standard InChI is InChI=1S/C23H30N4O2/c1-22(2,3)21-25-18-17(19(28)26-21)8-9-23(18)10-12-27(13-11-23)20(29)16-6-4-15(14-24)5-7-16/h4-7H,8-14,24H2,1-3H3,(H,25,26,28). The first-order valence-electron chi connectivity index (χ1n) is 10.5. The molecular formula is C23H30N4O2. The smallest absolute Gasteiger partial charge is 0.254 e. The van der Waals surface area contributed by atoms with Gasteiger partial charge in [-0.05, 0) is 43.4 Å². The van der Waals surface area contributed by atoms with Crippen LogP contribution in [0.1, 0.15) is 73.0 Å². The van der Waals surface area contributed by atoms with Crippen molar-refractivity contribution in [1.29, 1.82) is 0 Å². The van der Waals surface area contributed by atoms with Gasteiger partial charge in [0.2, 0.25) is 0 Å². The first-order valence-corrected chi connectivity index (χ1v) is 10.5. The number of benzene rings is 1. The molecule has 1 spiro atoms. The monoisotopic (exact) mass is 394 g/mol. The Morgan fingerprint density at radius 2 is 1.83 bits per heavy atom. The van der Waals surface area contributed by atoms with Gasteiger partial charge in [-0.2, -0.15) is 0 Å². The van der Waals surface area contributed by atoms with Crippen LogP contribution in [-0.2, 0) is 23.8 Å². The number of amides is 1. The summed E-state index contributed by atoms with van der Waals surface area (Å²) in [5.74, 6) is 0.817. The lowest BCUT2D eigenvalue weighted by Gasteiger charge is -2.39. The zero-order valence-corrected chi connectivity index (χ0v) is 17.5. The quantitative estimate of drug-likeness (QED) is 0.819. The molecule has 1 aliphatic heterocycles. The number of likely N-dealkylation sites (tertiary alicyclic amines) is 1. The molecule has 0 saturated carbocycles. The van der Waals surface area contributed by atoms with E-state index in [1.165, 1.54) is 0 Å². The highest BCUT2D eigenvalue weighted by atomic mass is 16.2. The molecule has 29 heavy (non-hydrogen) atoms. The fourth-order valence-electron chi connectivity index (χ4n) is 4.60. The molecule has 0 bridgehead atoms. The third-order valence-corrected chi connectivity index (χ3v) is 6.53. The van der Waals surface area contributed by atoms with E-state index in [2.05, 4.69) is 25.8 Å². The zero-order chi connectivity index (χ0) is 20.8. The van der Waals surface area contributed by atoms with Crippen molar-refractivity contribution >= 4 is 5.91 Å². The molecule has 2 aromatic rings. The van der Waals surface area contributed by atoms with Gasteiger partial charge in [0.05, 0.1) is 5.69 Å². The molecule has 1 saturated heterocycles. The Bertz CT molecular complexity index is 977. The molecule has 1 amide bonds. The second kappa shape index (κ2) is 7.10. The summed E-state index contributed by atoms with van der Waals surface area (Å²) in [7, 11) is 0. The number of hydrogen-bond acceptors (Lipinski definition) is 4. The summed E-state index contributed by atoms with van der Waals surface area (Å²) < 4.78 is 0. The average Bonchev–Trinajstić information content (AvgIpc) is 3.06. The Kier molecular flexibility index (Phi) is 4.85. The fraction of sp³-hybridized carbons (Fsp3) is 0.522. The van der Waals surface area contributed by atoms with E-state index in [-0.39, 0.29) is 22.3 Å². The molecule has 154 valence electrons. The summed E-state index contributed by atoms with van der Waals surface area (Å²) in [6.45, 7) is 8.05. The lowest BCUT2D eigenvalue weighted by Crippen LogP contribution is -2.45. The molecule has 1 aromatic heterocycles. The van der Waals surface area contributed by atoms with E-state index in [9.17, 15) is 9.59 Å². The SMILES string of the molecule is CC(C)(C)c1nc2c(c(=O)[nH]1)CCC21CCN(C(=O)c2ccc(CN)cc2)CC1. The van der Waals surface area contributed by atoms with Crippen LogP contribution in [0.3, 0.4) is 0 Å². The van der Waals surface area contributed by atoms with E-state index >= 15 is 0 Å². The number of fused-ring (bicyclic) bond motifs is 2. The number of carbonyl (C=O) groups excluding carboxylic acids is 1. The Morgan fingerprint density at radius 3 is 2.41 bits per heavy atom. The topological polar surface area (TPSA) is 92.1 Å². The number of H-pyrrole nitrogens is 1. The highest BCUT2D eigenvalue weighted by Crippen LogP contribution is 2.44. The molecule has 0 atom stereocenters. The summed E-state index contributed by atoms with van der Waals surface area (Å²) in [5.41, 5.74) is 8.92. The minimum atomic E-state index is -0.204. The second-order valence-corrected chi connectivity index (χ2v) is 9.47. The van der Waals surface area contributed by atoms with Crippen molar-refractivity contribution in [2.24, 2.45) is 5.73 Å². The van der Waals surface area contributed by atoms with Crippen LogP contribution in [0.25, 0.3) is 0 Å². The minimum absolute atomic E-state index is 0.00954. The van der Waals surface area contributed by atoms with Crippen molar-refractivity contribution in [3.63, 3.8) is 0 Å². The van der Waals surface area contributed by atoms with Gasteiger partial charge in [-0.3, -0.25) is 9.59 Å². The van der Waals surface area contributed by atoms with Gasteiger partial charge in [0, 0.05) is 41.6 Å². The lowest BCUT2D eigenvalue weighted by atomic mass is 9.76. The first-order chi connectivity index (χ1) is 13.7. The highest BCUT2D eigenvalue weighted by molar-refractivity contribution is 5.94. The predicted octanol–water partition coefficient (Wildman–Crippen LogP) is 2.65. The molecule has 2 aliphatic rings. The van der Waals surface area contributed by atoms with Crippen molar-refractivity contribution < 1.29 is 4.79 Å². The van der Waals surface area contributed by atoms with Crippen molar-refractivity contribution in [3.8, 4) is 0 Å². The van der Waals surface area contributed by atoms with E-state index in [4.69, 9.17) is 10.7 Å². The maximum Gasteiger partial charge on any atom is 0.254 e. The molecule has 2 heterocycles. The largest absolute Gasteiger partial charge is 0.339 e. The minimum Gasteiger partial charge on any atom is -0.339 e. The predicted molar refractivity (Wildman–Crippen MR) is 113 cm³/mol. The van der Waals surface area contributed by atoms with E-state index in [0.717, 1.165) is 48.3 Å². The van der Waals surface area contributed by atoms with Crippen molar-refractivity contribution in [2.45, 2.75) is 63.8 Å². The van der Waals surface area contributed by atoms with E-state index in [1.807, 2.05) is 29.2 Å². The van der Waals surface area contributed by atoms with Crippen LogP contribution in [0, 0.1) is 0 Å². The van der Waals surface area contributed by atoms with Crippen LogP contribution in [0.4, 0.5) is 0 Å². The molecule has 1 aromatic carbocycles. The third-order valence-electron chi connectivity index (χ3n) is 6.53. The summed E-state index contributed by atoms with van der Waals surface area (Å²) in [5, 5.41) is 0. The molecule has 1 fully saturated rings. The number of rotatable bonds is 2. The van der Waals surface area contributed by atoms with Crippen LogP contribution in [0.15, 0.2) is 29.1 Å². The average molecular weight is 395 g/mol. The normalized spacial score (nSPS) is 18.1. The van der Waals surface area contributed by atoms with Crippen LogP contribution < -0.4 is 11.3 Å². The molecule has 3 N–H and O–H groups in total. The van der Waals surface area contributed by atoms with Gasteiger partial charge in [-0.1, -0.05) is 32.9 Å². The summed E-state index contributed by atoms with van der Waals surface area (Å²) >= 11 is 0. The van der Waals surface area contributed by atoms with Crippen molar-refractivity contribution in [1.82, 2.24) is 14.9 Å². The number of hydrogen-bond donors (Lipinski definition) is 2. The molecular weight excluding hydrogens is 364 g/mol. The van der Waals surface area contributed by atoms with Crippen LogP contribution in [0.5, 0.6) is 0 Å². The molecule has 6 heteroatoms. The van der Waals surface area contributed by atoms with Gasteiger partial charge >= 0.3 is 0 Å². The highest BCUT2D eigenvalue weighted by Gasteiger charge is 2.45. The fourth-order valence-corrected chi connectivity index (χ4v) is 4.60. The zero-order valence-electron chi connectivity index (χ0n) is 17.5. The number of piperidine rings is 1. The van der Waals surface area contributed by atoms with Gasteiger partial charge in [0.15, 0.2) is 0 Å². The third kappa shape index (κ3) is 3.50. The summed E-state index contributed by atoms with van der Waals surface area (Å²) in [4.78, 5) is 35.4. The second-order valence-electron chi connectivity index (χ2n) is 9.47. The number of aromatic nitrogens is 2. The first kappa shape index (κ1) is 19.8. The maximum absolute atomic E-state index is 12.9. The number of nitrogens with one attached hydrogen (secondary N) is 1. The maximum atomic E-state index is 12.9. The number of nitrogens with two attached hydrogens (primary N) is 1. The molecule has 4 rings (SSSR count). The Labute approximate surface area is 171 Å². The van der Waals surface area contributed by atoms with Gasteiger partial charge in [-0.25, -0.2) is 4.98 Å². The molecule has 0 radical (unpaired) electrons. The number of aromatic amines is 1. The van der Waals surface area contributed by atoms with Crippen LogP contribution in [0.2, 0.25) is 0 Å². The van der Waals surface area contributed by atoms with Crippen molar-refractivity contribution in [2.75, 3.05) is 13.1 Å². The lowest BCUT2D eigenvalue weighted by molar-refractivity contribution is 0.0663. The summed E-state index contributed by atoms with van der Waals surface area (Å²) in [6, 6.07) is 7.54. The molecule has 0 unspecified atom stereocenters.